The third kappa shape index (κ3) is 4.28. The van der Waals surface area contributed by atoms with Gasteiger partial charge in [0.15, 0.2) is 0 Å². The molecule has 0 aliphatic carbocycles. The zero-order valence-electron chi connectivity index (χ0n) is 18.7. The van der Waals surface area contributed by atoms with Gasteiger partial charge in [-0.05, 0) is 68.0 Å². The molecule has 0 spiro atoms. The van der Waals surface area contributed by atoms with Gasteiger partial charge in [0, 0.05) is 23.4 Å². The molecule has 1 aromatic carbocycles. The zero-order chi connectivity index (χ0) is 23.7. The highest BCUT2D eigenvalue weighted by Gasteiger charge is 2.18. The number of carbonyl (C=O) groups excluding carboxylic acids is 1. The van der Waals surface area contributed by atoms with Crippen LogP contribution < -0.4 is 5.32 Å². The monoisotopic (exact) mass is 459 g/mol. The van der Waals surface area contributed by atoms with Gasteiger partial charge in [0.1, 0.15) is 17.7 Å². The van der Waals surface area contributed by atoms with E-state index < -0.39 is 0 Å². The molecule has 166 valence electrons. The number of aromatic nitrogens is 3. The van der Waals surface area contributed by atoms with Gasteiger partial charge in [0.25, 0.3) is 11.7 Å². The van der Waals surface area contributed by atoms with E-state index in [1.807, 2.05) is 51.3 Å². The first kappa shape index (κ1) is 22.4. The molecule has 0 unspecified atom stereocenters. The van der Waals surface area contributed by atoms with Gasteiger partial charge in [0.2, 0.25) is 0 Å². The lowest BCUT2D eigenvalue weighted by atomic mass is 10.0. The first-order chi connectivity index (χ1) is 15.8. The second-order valence-electron chi connectivity index (χ2n) is 7.83. The van der Waals surface area contributed by atoms with E-state index in [-0.39, 0.29) is 18.3 Å². The van der Waals surface area contributed by atoms with Crippen LogP contribution >= 0.6 is 11.3 Å². The first-order valence-electron chi connectivity index (χ1n) is 10.3. The Bertz CT molecular complexity index is 1410. The van der Waals surface area contributed by atoms with Crippen LogP contribution in [0, 0.1) is 40.1 Å². The van der Waals surface area contributed by atoms with Crippen LogP contribution in [0.4, 0.5) is 10.2 Å². The van der Waals surface area contributed by atoms with Gasteiger partial charge < -0.3 is 10.2 Å². The number of halogens is 1. The van der Waals surface area contributed by atoms with Crippen molar-refractivity contribution >= 4 is 23.1 Å². The Morgan fingerprint density at radius 2 is 1.97 bits per heavy atom. The summed E-state index contributed by atoms with van der Waals surface area (Å²) in [5, 5.41) is 9.28. The van der Waals surface area contributed by atoms with E-state index in [9.17, 15) is 9.18 Å². The van der Waals surface area contributed by atoms with E-state index >= 15 is 0 Å². The van der Waals surface area contributed by atoms with E-state index in [1.165, 1.54) is 17.4 Å². The van der Waals surface area contributed by atoms with Gasteiger partial charge >= 0.3 is 0 Å². The summed E-state index contributed by atoms with van der Waals surface area (Å²) in [6.07, 6.45) is 1.62. The number of thiophene rings is 1. The van der Waals surface area contributed by atoms with Crippen LogP contribution in [0.3, 0.4) is 0 Å². The number of aryl methyl sites for hydroxylation is 3. The molecule has 4 aromatic rings. The fraction of sp³-hybridized carbons (Fsp3) is 0.200. The summed E-state index contributed by atoms with van der Waals surface area (Å²) in [5.74, 6) is -0.229. The number of rotatable bonds is 5. The lowest BCUT2D eigenvalue weighted by molar-refractivity contribution is 0.0954. The van der Waals surface area contributed by atoms with Crippen molar-refractivity contribution in [3.8, 4) is 16.8 Å². The van der Waals surface area contributed by atoms with Gasteiger partial charge in [-0.15, -0.1) is 16.3 Å². The molecule has 3 aromatic heterocycles. The smallest absolute Gasteiger partial charge is 0.272 e. The van der Waals surface area contributed by atoms with Crippen LogP contribution in [0.15, 0.2) is 41.9 Å². The minimum absolute atomic E-state index is 0.109. The molecular formula is C25H22FN5OS. The van der Waals surface area contributed by atoms with Gasteiger partial charge in [-0.1, -0.05) is 18.7 Å². The Morgan fingerprint density at radius 3 is 2.61 bits per heavy atom. The molecule has 8 heteroatoms. The average molecular weight is 460 g/mol. The number of nitrogens with zero attached hydrogens (tertiary/aromatic N) is 4. The molecule has 0 atom stereocenters. The Morgan fingerprint density at radius 1 is 1.18 bits per heavy atom. The van der Waals surface area contributed by atoms with Gasteiger partial charge in [-0.2, -0.15) is 5.10 Å². The summed E-state index contributed by atoms with van der Waals surface area (Å²) >= 11 is 1.37. The fourth-order valence-electron chi connectivity index (χ4n) is 3.80. The quantitative estimate of drug-likeness (QED) is 0.381. The summed E-state index contributed by atoms with van der Waals surface area (Å²) in [6, 6.07) is 8.76. The fourth-order valence-corrected chi connectivity index (χ4v) is 4.65. The molecule has 0 aliphatic rings. The second-order valence-corrected chi connectivity index (χ2v) is 8.74. The molecule has 0 bridgehead atoms. The van der Waals surface area contributed by atoms with Crippen molar-refractivity contribution in [1.29, 1.82) is 0 Å². The number of carbonyl (C=O) groups is 1. The van der Waals surface area contributed by atoms with Crippen LogP contribution in [0.2, 0.25) is 0 Å². The van der Waals surface area contributed by atoms with E-state index in [2.05, 4.69) is 20.2 Å². The van der Waals surface area contributed by atoms with Crippen LogP contribution in [0.5, 0.6) is 0 Å². The molecule has 4 rings (SSSR count). The number of pyridine rings is 1. The van der Waals surface area contributed by atoms with E-state index in [4.69, 9.17) is 6.57 Å². The third-order valence-electron chi connectivity index (χ3n) is 5.53. The van der Waals surface area contributed by atoms with E-state index in [0.717, 1.165) is 33.8 Å². The molecule has 6 nitrogen and oxygen atoms in total. The molecule has 0 aliphatic heterocycles. The summed E-state index contributed by atoms with van der Waals surface area (Å²) in [4.78, 5) is 20.6. The van der Waals surface area contributed by atoms with Gasteiger partial charge in [0.05, 0.1) is 10.6 Å². The number of nitrogens with one attached hydrogen (secondary N) is 1. The molecule has 3 heterocycles. The van der Waals surface area contributed by atoms with Crippen molar-refractivity contribution in [1.82, 2.24) is 20.1 Å². The summed E-state index contributed by atoms with van der Waals surface area (Å²) in [5.41, 5.74) is 5.99. The van der Waals surface area contributed by atoms with Crippen LogP contribution in [-0.4, -0.2) is 20.7 Å². The number of benzene rings is 1. The molecule has 1 N–H and O–H groups in total. The van der Waals surface area contributed by atoms with Crippen molar-refractivity contribution < 1.29 is 9.18 Å². The lowest BCUT2D eigenvalue weighted by Crippen LogP contribution is -2.23. The summed E-state index contributed by atoms with van der Waals surface area (Å²) in [6.45, 7) is 14.8. The highest BCUT2D eigenvalue weighted by atomic mass is 32.1. The zero-order valence-corrected chi connectivity index (χ0v) is 19.5. The number of hydrogen-bond acceptors (Lipinski definition) is 4. The number of amides is 1. The van der Waals surface area contributed by atoms with E-state index in [0.29, 0.717) is 21.8 Å². The minimum Gasteiger partial charge on any atom is -0.360 e. The Kier molecular flexibility index (Phi) is 6.07. The summed E-state index contributed by atoms with van der Waals surface area (Å²) < 4.78 is 16.7. The second kappa shape index (κ2) is 8.96. The molecule has 0 fully saturated rings. The number of hydrogen-bond donors (Lipinski definition) is 1. The maximum atomic E-state index is 14.9. The van der Waals surface area contributed by atoms with Crippen LogP contribution in [-0.2, 0) is 6.54 Å². The third-order valence-corrected chi connectivity index (χ3v) is 6.54. The standard InChI is InChI=1S/C25H22FN5OS/c1-14-8-9-33-23(14)25(32)29-12-19-7-6-18(11-21(19)26)22-16(3)30-31(17(22)4)20-10-15(2)24(27-5)28-13-20/h6-11,13H,12H2,1-4H3,(H,29,32). The molecule has 33 heavy (non-hydrogen) atoms. The topological polar surface area (TPSA) is 64.2 Å². The molecule has 0 saturated carbocycles. The maximum absolute atomic E-state index is 14.9. The Labute approximate surface area is 195 Å². The van der Waals surface area contributed by atoms with Crippen molar-refractivity contribution in [3.63, 3.8) is 0 Å². The lowest BCUT2D eigenvalue weighted by Gasteiger charge is -2.09. The van der Waals surface area contributed by atoms with Crippen LogP contribution in [0.1, 0.15) is 37.7 Å². The SMILES string of the molecule is [C-]#[N+]c1ncc(-n2nc(C)c(-c3ccc(CNC(=O)c4sccc4C)c(F)c3)c2C)cc1C. The molecule has 1 amide bonds. The van der Waals surface area contributed by atoms with Crippen molar-refractivity contribution in [3.05, 3.63) is 92.1 Å². The van der Waals surface area contributed by atoms with Gasteiger partial charge in [-0.3, -0.25) is 4.79 Å². The highest BCUT2D eigenvalue weighted by Crippen LogP contribution is 2.30. The largest absolute Gasteiger partial charge is 0.360 e. The molecule has 0 radical (unpaired) electrons. The maximum Gasteiger partial charge on any atom is 0.272 e. The van der Waals surface area contributed by atoms with Gasteiger partial charge in [-0.25, -0.2) is 9.07 Å². The first-order valence-corrected chi connectivity index (χ1v) is 11.2. The predicted molar refractivity (Wildman–Crippen MR) is 127 cm³/mol. The summed E-state index contributed by atoms with van der Waals surface area (Å²) in [7, 11) is 0. The normalized spacial score (nSPS) is 10.8. The van der Waals surface area contributed by atoms with Crippen LogP contribution in [0.25, 0.3) is 21.7 Å². The van der Waals surface area contributed by atoms with E-state index in [1.54, 1.807) is 16.9 Å². The highest BCUT2D eigenvalue weighted by molar-refractivity contribution is 7.12. The van der Waals surface area contributed by atoms with Crippen molar-refractivity contribution in [2.75, 3.05) is 0 Å². The predicted octanol–water partition coefficient (Wildman–Crippen LogP) is 5.85. The van der Waals surface area contributed by atoms with Crippen molar-refractivity contribution in [2.24, 2.45) is 0 Å². The minimum atomic E-state index is -0.388. The molecular weight excluding hydrogens is 437 g/mol. The molecule has 0 saturated heterocycles. The average Bonchev–Trinajstić information content (AvgIpc) is 3.35. The Hall–Kier alpha value is -3.83. The van der Waals surface area contributed by atoms with Crippen molar-refractivity contribution in [2.45, 2.75) is 34.2 Å². The Balaban J connectivity index is 1.59.